The van der Waals surface area contributed by atoms with Crippen molar-refractivity contribution in [2.24, 2.45) is 0 Å². The van der Waals surface area contributed by atoms with Crippen LogP contribution in [0.2, 0.25) is 0 Å². The number of thiophene rings is 1. The van der Waals surface area contributed by atoms with Crippen LogP contribution in [0.3, 0.4) is 0 Å². The molecule has 5 heteroatoms. The smallest absolute Gasteiger partial charge is 0.171 e. The summed E-state index contributed by atoms with van der Waals surface area (Å²) in [6.07, 6.45) is 0. The van der Waals surface area contributed by atoms with Crippen molar-refractivity contribution >= 4 is 27.8 Å². The normalized spacial score (nSPS) is 10.8. The molecular formula is C11H19N3OS. The fourth-order valence-electron chi connectivity index (χ4n) is 1.31. The van der Waals surface area contributed by atoms with Crippen molar-refractivity contribution in [3.05, 3.63) is 10.9 Å². The lowest BCUT2D eigenvalue weighted by atomic mass is 10.3. The first-order valence-electron chi connectivity index (χ1n) is 5.18. The van der Waals surface area contributed by atoms with Crippen LogP contribution in [0.15, 0.2) is 6.07 Å². The number of carbonyl (C=O) groups is 1. The van der Waals surface area contributed by atoms with Gasteiger partial charge in [0.25, 0.3) is 0 Å². The van der Waals surface area contributed by atoms with Gasteiger partial charge < -0.3 is 15.5 Å². The van der Waals surface area contributed by atoms with Gasteiger partial charge in [-0.2, -0.15) is 0 Å². The number of Topliss-reactive ketones (excluding diaryl/α,β-unsaturated/α-hetero) is 1. The van der Waals surface area contributed by atoms with E-state index in [0.29, 0.717) is 10.6 Å². The van der Waals surface area contributed by atoms with E-state index in [0.717, 1.165) is 18.1 Å². The molecule has 0 atom stereocenters. The molecule has 16 heavy (non-hydrogen) atoms. The first kappa shape index (κ1) is 13.0. The second-order valence-electron chi connectivity index (χ2n) is 4.15. The molecule has 1 rings (SSSR count). The fraction of sp³-hybridized carbons (Fsp3) is 0.545. The molecule has 0 aliphatic rings. The number of hydrogen-bond acceptors (Lipinski definition) is 5. The summed E-state index contributed by atoms with van der Waals surface area (Å²) in [6.45, 7) is 3.44. The average molecular weight is 241 g/mol. The van der Waals surface area contributed by atoms with Crippen LogP contribution < -0.4 is 10.6 Å². The summed E-state index contributed by atoms with van der Waals surface area (Å²) in [4.78, 5) is 16.2. The van der Waals surface area contributed by atoms with Gasteiger partial charge in [0.15, 0.2) is 5.78 Å². The Kier molecular flexibility index (Phi) is 4.32. The van der Waals surface area contributed by atoms with Crippen LogP contribution in [0.25, 0.3) is 0 Å². The minimum absolute atomic E-state index is 0.0368. The van der Waals surface area contributed by atoms with Gasteiger partial charge in [-0.3, -0.25) is 4.79 Å². The van der Waals surface area contributed by atoms with Crippen molar-refractivity contribution < 1.29 is 4.79 Å². The molecule has 1 aromatic heterocycles. The van der Waals surface area contributed by atoms with E-state index in [1.165, 1.54) is 11.3 Å². The predicted molar refractivity (Wildman–Crippen MR) is 70.6 cm³/mol. The van der Waals surface area contributed by atoms with Crippen LogP contribution >= 0.6 is 11.3 Å². The third kappa shape index (κ3) is 3.21. The third-order valence-corrected chi connectivity index (χ3v) is 3.69. The molecule has 1 aromatic rings. The number of nitrogens with two attached hydrogens (primary N) is 1. The summed E-state index contributed by atoms with van der Waals surface area (Å²) < 4.78 is 0. The van der Waals surface area contributed by atoms with E-state index >= 15 is 0 Å². The Bertz CT molecular complexity index is 373. The molecule has 0 saturated carbocycles. The third-order valence-electron chi connectivity index (χ3n) is 2.33. The molecule has 1 heterocycles. The van der Waals surface area contributed by atoms with Crippen LogP contribution in [-0.2, 0) is 0 Å². The van der Waals surface area contributed by atoms with Crippen molar-refractivity contribution in [3.63, 3.8) is 0 Å². The molecule has 0 radical (unpaired) electrons. The first-order chi connectivity index (χ1) is 7.41. The van der Waals surface area contributed by atoms with Crippen molar-refractivity contribution in [1.29, 1.82) is 0 Å². The van der Waals surface area contributed by atoms with Crippen molar-refractivity contribution in [1.82, 2.24) is 4.90 Å². The minimum Gasteiger partial charge on any atom is -0.397 e. The molecule has 0 bridgehead atoms. The number of nitrogens with zero attached hydrogens (tertiary/aromatic N) is 2. The van der Waals surface area contributed by atoms with E-state index < -0.39 is 0 Å². The lowest BCUT2D eigenvalue weighted by Gasteiger charge is -2.19. The molecule has 0 saturated heterocycles. The van der Waals surface area contributed by atoms with Gasteiger partial charge in [-0.05, 0) is 20.2 Å². The van der Waals surface area contributed by atoms with Gasteiger partial charge in [-0.15, -0.1) is 11.3 Å². The highest BCUT2D eigenvalue weighted by atomic mass is 32.1. The Morgan fingerprint density at radius 1 is 1.38 bits per heavy atom. The first-order valence-corrected chi connectivity index (χ1v) is 5.99. The van der Waals surface area contributed by atoms with Gasteiger partial charge in [-0.1, -0.05) is 0 Å². The van der Waals surface area contributed by atoms with E-state index in [9.17, 15) is 4.79 Å². The number of nitrogen functional groups attached to an aromatic ring is 1. The molecular weight excluding hydrogens is 222 g/mol. The van der Waals surface area contributed by atoms with Gasteiger partial charge in [0.05, 0.1) is 15.6 Å². The Morgan fingerprint density at radius 2 is 2.00 bits per heavy atom. The SMILES string of the molecule is CC(=O)c1sc(N(C)CCN(C)C)cc1N. The van der Waals surface area contributed by atoms with Crippen LogP contribution in [0, 0.1) is 0 Å². The van der Waals surface area contributed by atoms with Crippen LogP contribution in [-0.4, -0.2) is 44.9 Å². The summed E-state index contributed by atoms with van der Waals surface area (Å²) >= 11 is 1.46. The highest BCUT2D eigenvalue weighted by Crippen LogP contribution is 2.31. The monoisotopic (exact) mass is 241 g/mol. The highest BCUT2D eigenvalue weighted by molar-refractivity contribution is 7.18. The molecule has 0 aromatic carbocycles. The molecule has 2 N–H and O–H groups in total. The quantitative estimate of drug-likeness (QED) is 0.794. The molecule has 0 spiro atoms. The van der Waals surface area contributed by atoms with Gasteiger partial charge in [-0.25, -0.2) is 0 Å². The van der Waals surface area contributed by atoms with E-state index in [1.807, 2.05) is 27.2 Å². The number of hydrogen-bond donors (Lipinski definition) is 1. The van der Waals surface area contributed by atoms with Gasteiger partial charge in [0.2, 0.25) is 0 Å². The number of anilines is 2. The molecule has 0 aliphatic heterocycles. The lowest BCUT2D eigenvalue weighted by molar-refractivity contribution is 0.102. The van der Waals surface area contributed by atoms with Crippen molar-refractivity contribution in [3.8, 4) is 0 Å². The zero-order chi connectivity index (χ0) is 12.3. The Morgan fingerprint density at radius 3 is 2.44 bits per heavy atom. The van der Waals surface area contributed by atoms with E-state index in [-0.39, 0.29) is 5.78 Å². The van der Waals surface area contributed by atoms with E-state index in [4.69, 9.17) is 5.73 Å². The Balaban J connectivity index is 2.73. The van der Waals surface area contributed by atoms with Gasteiger partial charge in [0, 0.05) is 27.1 Å². The number of ketones is 1. The topological polar surface area (TPSA) is 49.6 Å². The Labute approximate surface area is 101 Å². The summed E-state index contributed by atoms with van der Waals surface area (Å²) in [6, 6.07) is 1.87. The number of carbonyl (C=O) groups excluding carboxylic acids is 1. The maximum Gasteiger partial charge on any atom is 0.171 e. The summed E-state index contributed by atoms with van der Waals surface area (Å²) in [5.74, 6) is 0.0368. The summed E-state index contributed by atoms with van der Waals surface area (Å²) in [7, 11) is 6.09. The lowest BCUT2D eigenvalue weighted by Crippen LogP contribution is -2.27. The average Bonchev–Trinajstić information content (AvgIpc) is 2.56. The van der Waals surface area contributed by atoms with Crippen LogP contribution in [0.1, 0.15) is 16.6 Å². The predicted octanol–water partition coefficient (Wildman–Crippen LogP) is 1.53. The van der Waals surface area contributed by atoms with Crippen LogP contribution in [0.4, 0.5) is 10.7 Å². The van der Waals surface area contributed by atoms with E-state index in [1.54, 1.807) is 6.92 Å². The minimum atomic E-state index is 0.0368. The van der Waals surface area contributed by atoms with E-state index in [2.05, 4.69) is 9.80 Å². The number of rotatable bonds is 5. The molecule has 0 fully saturated rings. The van der Waals surface area contributed by atoms with Gasteiger partial charge in [0.1, 0.15) is 0 Å². The molecule has 0 aliphatic carbocycles. The van der Waals surface area contributed by atoms with Gasteiger partial charge >= 0.3 is 0 Å². The molecule has 0 unspecified atom stereocenters. The second kappa shape index (κ2) is 5.32. The summed E-state index contributed by atoms with van der Waals surface area (Å²) in [5, 5.41) is 1.05. The molecule has 90 valence electrons. The molecule has 0 amide bonds. The van der Waals surface area contributed by atoms with Crippen LogP contribution in [0.5, 0.6) is 0 Å². The van der Waals surface area contributed by atoms with Crippen molar-refractivity contribution in [2.75, 3.05) is 44.9 Å². The number of likely N-dealkylation sites (N-methyl/N-ethyl adjacent to an activating group) is 2. The Hall–Kier alpha value is -1.07. The maximum atomic E-state index is 11.3. The van der Waals surface area contributed by atoms with Crippen molar-refractivity contribution in [2.45, 2.75) is 6.92 Å². The second-order valence-corrected chi connectivity index (χ2v) is 5.18. The largest absolute Gasteiger partial charge is 0.397 e. The highest BCUT2D eigenvalue weighted by Gasteiger charge is 2.12. The standard InChI is InChI=1S/C11H19N3OS/c1-8(15)11-9(12)7-10(16-11)14(4)6-5-13(2)3/h7H,5-6,12H2,1-4H3. The maximum absolute atomic E-state index is 11.3. The summed E-state index contributed by atoms with van der Waals surface area (Å²) in [5.41, 5.74) is 6.38. The zero-order valence-electron chi connectivity index (χ0n) is 10.3. The molecule has 4 nitrogen and oxygen atoms in total. The zero-order valence-corrected chi connectivity index (χ0v) is 11.1. The fourth-order valence-corrected chi connectivity index (χ4v) is 2.28.